The van der Waals surface area contributed by atoms with E-state index in [0.717, 1.165) is 49.7 Å². The van der Waals surface area contributed by atoms with Crippen LogP contribution >= 0.6 is 0 Å². The highest BCUT2D eigenvalue weighted by Gasteiger charge is 2.57. The summed E-state index contributed by atoms with van der Waals surface area (Å²) in [5, 5.41) is 0. The lowest BCUT2D eigenvalue weighted by atomic mass is 9.81. The zero-order chi connectivity index (χ0) is 22.8. The summed E-state index contributed by atoms with van der Waals surface area (Å²) in [6, 6.07) is 5.66. The van der Waals surface area contributed by atoms with E-state index in [-0.39, 0.29) is 17.1 Å². The molecule has 3 aliphatic carbocycles. The number of hydrogen-bond acceptors (Lipinski definition) is 3. The maximum Gasteiger partial charge on any atom is 0.573 e. The molecule has 4 rings (SSSR count). The Morgan fingerprint density at radius 3 is 2.50 bits per heavy atom. The van der Waals surface area contributed by atoms with Crippen molar-refractivity contribution >= 4 is 5.78 Å². The molecule has 1 aromatic rings. The topological polar surface area (TPSA) is 35.5 Å². The number of rotatable bonds is 9. The van der Waals surface area contributed by atoms with Crippen LogP contribution in [0.2, 0.25) is 0 Å². The van der Waals surface area contributed by atoms with Crippen molar-refractivity contribution in [2.75, 3.05) is 6.61 Å². The van der Waals surface area contributed by atoms with Crippen LogP contribution in [0.15, 0.2) is 60.2 Å². The molecule has 2 saturated carbocycles. The summed E-state index contributed by atoms with van der Waals surface area (Å²) >= 11 is 0. The van der Waals surface area contributed by atoms with Gasteiger partial charge in [0.1, 0.15) is 11.5 Å². The standard InChI is InChI=1S/C26H29F3O3/c1-18-2-4-19(5-3-18)8-11-24(30)25-13-12-21(14-22(25)15-25)17-31-16-20-6-9-23(10-7-20)32-26(27,28)29/h6-7,9-10,12-14,19,22H,1-5,8,11,15-17H2. The summed E-state index contributed by atoms with van der Waals surface area (Å²) in [5.74, 6) is 1.03. The molecule has 0 amide bonds. The molecule has 2 unspecified atom stereocenters. The average Bonchev–Trinajstić information content (AvgIpc) is 3.48. The van der Waals surface area contributed by atoms with Crippen LogP contribution in [0, 0.1) is 17.3 Å². The average molecular weight is 447 g/mol. The molecule has 0 bridgehead atoms. The first-order valence-corrected chi connectivity index (χ1v) is 11.3. The number of allylic oxidation sites excluding steroid dienone is 3. The van der Waals surface area contributed by atoms with E-state index >= 15 is 0 Å². The number of halogens is 3. The fourth-order valence-corrected chi connectivity index (χ4v) is 4.80. The predicted octanol–water partition coefficient (Wildman–Crippen LogP) is 6.70. The van der Waals surface area contributed by atoms with E-state index in [1.807, 2.05) is 6.08 Å². The van der Waals surface area contributed by atoms with Gasteiger partial charge in [0.15, 0.2) is 0 Å². The monoisotopic (exact) mass is 446 g/mol. The first kappa shape index (κ1) is 22.8. The van der Waals surface area contributed by atoms with Gasteiger partial charge in [-0.3, -0.25) is 4.79 Å². The van der Waals surface area contributed by atoms with E-state index in [1.54, 1.807) is 12.1 Å². The van der Waals surface area contributed by atoms with Gasteiger partial charge in [0.05, 0.1) is 18.6 Å². The molecule has 3 nitrogen and oxygen atoms in total. The highest BCUT2D eigenvalue weighted by atomic mass is 19.4. The number of carbonyl (C=O) groups is 1. The molecule has 3 aliphatic rings. The zero-order valence-electron chi connectivity index (χ0n) is 18.1. The highest BCUT2D eigenvalue weighted by Crippen LogP contribution is 2.58. The first-order chi connectivity index (χ1) is 15.2. The lowest BCUT2D eigenvalue weighted by molar-refractivity contribution is -0.274. The molecule has 0 N–H and O–H groups in total. The maximum absolute atomic E-state index is 12.9. The molecule has 0 aliphatic heterocycles. The SMILES string of the molecule is C=C1CCC(CCC(=O)C23C=CC(COCc4ccc(OC(F)(F)F)cc4)=CC2C3)CC1. The largest absolute Gasteiger partial charge is 0.573 e. The number of carbonyl (C=O) groups excluding carboxylic acids is 1. The zero-order valence-corrected chi connectivity index (χ0v) is 18.1. The van der Waals surface area contributed by atoms with Crippen molar-refractivity contribution in [3.63, 3.8) is 0 Å². The Kier molecular flexibility index (Phi) is 6.61. The third kappa shape index (κ3) is 5.71. The fourth-order valence-electron chi connectivity index (χ4n) is 4.80. The molecule has 0 spiro atoms. The summed E-state index contributed by atoms with van der Waals surface area (Å²) in [6.45, 7) is 4.76. The second kappa shape index (κ2) is 9.26. The second-order valence-electron chi connectivity index (χ2n) is 9.27. The Morgan fingerprint density at radius 2 is 1.84 bits per heavy atom. The third-order valence-corrected chi connectivity index (χ3v) is 6.87. The van der Waals surface area contributed by atoms with Gasteiger partial charge in [-0.25, -0.2) is 0 Å². The molecular weight excluding hydrogens is 417 g/mol. The number of Topliss-reactive ketones (excluding diaryl/α,β-unsaturated/α-hetero) is 1. The number of alkyl halides is 3. The smallest absolute Gasteiger partial charge is 0.406 e. The Labute approximate surface area is 187 Å². The van der Waals surface area contributed by atoms with Crippen molar-refractivity contribution < 1.29 is 27.4 Å². The Bertz CT molecular complexity index is 903. The summed E-state index contributed by atoms with van der Waals surface area (Å²) in [7, 11) is 0. The molecule has 0 heterocycles. The van der Waals surface area contributed by atoms with Gasteiger partial charge in [0, 0.05) is 6.42 Å². The van der Waals surface area contributed by atoms with E-state index in [1.165, 1.54) is 17.7 Å². The Morgan fingerprint density at radius 1 is 1.12 bits per heavy atom. The third-order valence-electron chi connectivity index (χ3n) is 6.87. The Balaban J connectivity index is 1.19. The van der Waals surface area contributed by atoms with Crippen molar-refractivity contribution in [3.05, 3.63) is 65.8 Å². The number of hydrogen-bond donors (Lipinski definition) is 0. The van der Waals surface area contributed by atoms with Crippen molar-refractivity contribution in [3.8, 4) is 5.75 Å². The van der Waals surface area contributed by atoms with Crippen molar-refractivity contribution in [2.45, 2.75) is 57.9 Å². The quantitative estimate of drug-likeness (QED) is 0.396. The molecule has 0 saturated heterocycles. The van der Waals surface area contributed by atoms with Crippen LogP contribution in [-0.4, -0.2) is 18.8 Å². The molecule has 1 aromatic carbocycles. The molecule has 172 valence electrons. The Hall–Kier alpha value is -2.34. The van der Waals surface area contributed by atoms with Gasteiger partial charge in [-0.2, -0.15) is 0 Å². The van der Waals surface area contributed by atoms with Gasteiger partial charge in [-0.05, 0) is 73.6 Å². The van der Waals surface area contributed by atoms with Crippen LogP contribution in [-0.2, 0) is 16.1 Å². The van der Waals surface area contributed by atoms with Gasteiger partial charge in [-0.15, -0.1) is 13.2 Å². The number of ether oxygens (including phenoxy) is 2. The van der Waals surface area contributed by atoms with Gasteiger partial charge < -0.3 is 9.47 Å². The minimum atomic E-state index is -4.69. The molecule has 0 radical (unpaired) electrons. The fraction of sp³-hybridized carbons (Fsp3) is 0.500. The van der Waals surface area contributed by atoms with Crippen LogP contribution in [0.1, 0.15) is 50.5 Å². The van der Waals surface area contributed by atoms with Gasteiger partial charge >= 0.3 is 6.36 Å². The minimum Gasteiger partial charge on any atom is -0.406 e. The van der Waals surface area contributed by atoms with Crippen molar-refractivity contribution in [1.29, 1.82) is 0 Å². The lowest BCUT2D eigenvalue weighted by Gasteiger charge is -2.24. The molecule has 2 atom stereocenters. The summed E-state index contributed by atoms with van der Waals surface area (Å²) < 4.78 is 46.2. The minimum absolute atomic E-state index is 0.247. The highest BCUT2D eigenvalue weighted by molar-refractivity contribution is 5.91. The summed E-state index contributed by atoms with van der Waals surface area (Å²) in [6.07, 6.45) is 8.56. The van der Waals surface area contributed by atoms with E-state index < -0.39 is 6.36 Å². The van der Waals surface area contributed by atoms with E-state index in [2.05, 4.69) is 23.5 Å². The van der Waals surface area contributed by atoms with Crippen LogP contribution in [0.5, 0.6) is 5.75 Å². The normalized spacial score (nSPS) is 25.3. The molecular formula is C26H29F3O3. The molecule has 6 heteroatoms. The van der Waals surface area contributed by atoms with Crippen LogP contribution in [0.3, 0.4) is 0 Å². The van der Waals surface area contributed by atoms with Gasteiger partial charge in [-0.1, -0.05) is 42.5 Å². The van der Waals surface area contributed by atoms with Crippen LogP contribution < -0.4 is 4.74 Å². The van der Waals surface area contributed by atoms with Crippen molar-refractivity contribution in [2.24, 2.45) is 17.3 Å². The molecule has 32 heavy (non-hydrogen) atoms. The van der Waals surface area contributed by atoms with Crippen LogP contribution in [0.25, 0.3) is 0 Å². The number of benzene rings is 1. The van der Waals surface area contributed by atoms with E-state index in [9.17, 15) is 18.0 Å². The molecule has 2 fully saturated rings. The number of ketones is 1. The van der Waals surface area contributed by atoms with Crippen molar-refractivity contribution in [1.82, 2.24) is 0 Å². The first-order valence-electron chi connectivity index (χ1n) is 11.3. The van der Waals surface area contributed by atoms with Crippen LogP contribution in [0.4, 0.5) is 13.2 Å². The van der Waals surface area contributed by atoms with E-state index in [4.69, 9.17) is 4.74 Å². The molecule has 0 aromatic heterocycles. The summed E-state index contributed by atoms with van der Waals surface area (Å²) in [5.41, 5.74) is 2.85. The summed E-state index contributed by atoms with van der Waals surface area (Å²) in [4.78, 5) is 12.9. The predicted molar refractivity (Wildman–Crippen MR) is 116 cm³/mol. The number of fused-ring (bicyclic) bond motifs is 1. The second-order valence-corrected chi connectivity index (χ2v) is 9.27. The maximum atomic E-state index is 12.9. The lowest BCUT2D eigenvalue weighted by Crippen LogP contribution is -2.19. The van der Waals surface area contributed by atoms with Gasteiger partial charge in [0.25, 0.3) is 0 Å². The van der Waals surface area contributed by atoms with E-state index in [0.29, 0.717) is 31.3 Å². The van der Waals surface area contributed by atoms with Gasteiger partial charge in [0.2, 0.25) is 0 Å².